The predicted octanol–water partition coefficient (Wildman–Crippen LogP) is 4.07. The molecule has 0 bridgehead atoms. The lowest BCUT2D eigenvalue weighted by Crippen LogP contribution is -2.38. The lowest BCUT2D eigenvalue weighted by molar-refractivity contribution is 0.0304. The number of thiophene rings is 1. The third-order valence-corrected chi connectivity index (χ3v) is 6.22. The SMILES string of the molecule is Cc1ccc(C(C)(O)CNC2C[C@H](C)Sc3sccc32)o1. The number of aryl methyl sites for hydroxylation is 1. The van der Waals surface area contributed by atoms with Gasteiger partial charge in [0.25, 0.3) is 0 Å². The molecule has 3 rings (SSSR count). The summed E-state index contributed by atoms with van der Waals surface area (Å²) in [6.07, 6.45) is 1.08. The normalized spacial score (nSPS) is 24.6. The van der Waals surface area contributed by atoms with Gasteiger partial charge in [-0.05, 0) is 49.4 Å². The Morgan fingerprint density at radius 2 is 2.24 bits per heavy atom. The molecule has 0 saturated heterocycles. The number of rotatable bonds is 4. The Labute approximate surface area is 133 Å². The summed E-state index contributed by atoms with van der Waals surface area (Å²) >= 11 is 3.76. The van der Waals surface area contributed by atoms with Gasteiger partial charge in [0.1, 0.15) is 17.1 Å². The summed E-state index contributed by atoms with van der Waals surface area (Å²) in [6, 6.07) is 6.25. The maximum Gasteiger partial charge on any atom is 0.136 e. The fourth-order valence-electron chi connectivity index (χ4n) is 2.68. The van der Waals surface area contributed by atoms with Gasteiger partial charge in [0.05, 0.1) is 4.21 Å². The van der Waals surface area contributed by atoms with E-state index in [2.05, 4.69) is 23.7 Å². The van der Waals surface area contributed by atoms with Gasteiger partial charge in [-0.25, -0.2) is 0 Å². The smallest absolute Gasteiger partial charge is 0.136 e. The monoisotopic (exact) mass is 323 g/mol. The van der Waals surface area contributed by atoms with Gasteiger partial charge in [-0.15, -0.1) is 23.1 Å². The van der Waals surface area contributed by atoms with Crippen molar-refractivity contribution in [1.29, 1.82) is 0 Å². The number of thioether (sulfide) groups is 1. The highest BCUT2D eigenvalue weighted by Gasteiger charge is 2.31. The van der Waals surface area contributed by atoms with Crippen LogP contribution in [0.25, 0.3) is 0 Å². The molecule has 1 aliphatic rings. The summed E-state index contributed by atoms with van der Waals surface area (Å²) in [5, 5.41) is 16.9. The van der Waals surface area contributed by atoms with E-state index in [0.717, 1.165) is 12.2 Å². The van der Waals surface area contributed by atoms with Crippen molar-refractivity contribution in [2.24, 2.45) is 0 Å². The summed E-state index contributed by atoms with van der Waals surface area (Å²) in [6.45, 7) is 6.44. The first kappa shape index (κ1) is 15.2. The van der Waals surface area contributed by atoms with E-state index < -0.39 is 5.60 Å². The molecule has 2 aromatic heterocycles. The molecule has 2 N–H and O–H groups in total. The van der Waals surface area contributed by atoms with E-state index in [1.165, 1.54) is 9.77 Å². The van der Waals surface area contributed by atoms with Crippen LogP contribution >= 0.6 is 23.1 Å². The van der Waals surface area contributed by atoms with Crippen LogP contribution in [-0.2, 0) is 5.60 Å². The quantitative estimate of drug-likeness (QED) is 0.890. The molecule has 3 atom stereocenters. The minimum absolute atomic E-state index is 0.310. The third kappa shape index (κ3) is 3.21. The standard InChI is InChI=1S/C16H21NO2S2/c1-10-4-5-14(19-10)16(3,18)9-17-13-8-11(2)21-15-12(13)6-7-20-15/h4-7,11,13,17-18H,8-9H2,1-3H3/t11-,13?,16?/m0/s1. The first-order valence-corrected chi connectivity index (χ1v) is 8.98. The van der Waals surface area contributed by atoms with Crippen molar-refractivity contribution in [3.05, 3.63) is 40.7 Å². The van der Waals surface area contributed by atoms with E-state index in [1.54, 1.807) is 6.92 Å². The molecule has 114 valence electrons. The van der Waals surface area contributed by atoms with Crippen molar-refractivity contribution in [2.75, 3.05) is 6.54 Å². The second kappa shape index (κ2) is 5.80. The van der Waals surface area contributed by atoms with Gasteiger partial charge in [-0.1, -0.05) is 6.92 Å². The minimum atomic E-state index is -0.988. The van der Waals surface area contributed by atoms with Gasteiger partial charge in [0.2, 0.25) is 0 Å². The maximum atomic E-state index is 10.6. The number of hydrogen-bond acceptors (Lipinski definition) is 5. The predicted molar refractivity (Wildman–Crippen MR) is 88.0 cm³/mol. The Balaban J connectivity index is 1.71. The fraction of sp³-hybridized carbons (Fsp3) is 0.500. The summed E-state index contributed by atoms with van der Waals surface area (Å²) in [7, 11) is 0. The average Bonchev–Trinajstić information content (AvgIpc) is 3.04. The zero-order chi connectivity index (χ0) is 15.0. The zero-order valence-electron chi connectivity index (χ0n) is 12.6. The van der Waals surface area contributed by atoms with Crippen LogP contribution in [0.1, 0.15) is 43.4 Å². The Hall–Kier alpha value is -0.750. The Morgan fingerprint density at radius 3 is 2.95 bits per heavy atom. The maximum absolute atomic E-state index is 10.6. The van der Waals surface area contributed by atoms with E-state index in [9.17, 15) is 5.11 Å². The molecule has 1 aliphatic heterocycles. The van der Waals surface area contributed by atoms with Crippen molar-refractivity contribution < 1.29 is 9.52 Å². The zero-order valence-corrected chi connectivity index (χ0v) is 14.2. The molecule has 0 aromatic carbocycles. The summed E-state index contributed by atoms with van der Waals surface area (Å²) < 4.78 is 6.97. The molecule has 0 fully saturated rings. The molecule has 3 nitrogen and oxygen atoms in total. The van der Waals surface area contributed by atoms with E-state index in [0.29, 0.717) is 23.6 Å². The Morgan fingerprint density at radius 1 is 1.43 bits per heavy atom. The van der Waals surface area contributed by atoms with Gasteiger partial charge < -0.3 is 14.8 Å². The van der Waals surface area contributed by atoms with Crippen LogP contribution in [0.3, 0.4) is 0 Å². The van der Waals surface area contributed by atoms with E-state index in [-0.39, 0.29) is 0 Å². The van der Waals surface area contributed by atoms with Crippen LogP contribution in [-0.4, -0.2) is 16.9 Å². The van der Waals surface area contributed by atoms with Crippen LogP contribution in [0.5, 0.6) is 0 Å². The van der Waals surface area contributed by atoms with Crippen LogP contribution in [0.2, 0.25) is 0 Å². The van der Waals surface area contributed by atoms with Crippen molar-refractivity contribution >= 4 is 23.1 Å². The molecular formula is C16H21NO2S2. The fourth-order valence-corrected chi connectivity index (χ4v) is 5.24. The largest absolute Gasteiger partial charge is 0.463 e. The van der Waals surface area contributed by atoms with Crippen molar-refractivity contribution in [3.63, 3.8) is 0 Å². The number of hydrogen-bond donors (Lipinski definition) is 2. The molecular weight excluding hydrogens is 302 g/mol. The van der Waals surface area contributed by atoms with Crippen LogP contribution in [0, 0.1) is 6.92 Å². The topological polar surface area (TPSA) is 45.4 Å². The molecule has 2 unspecified atom stereocenters. The second-order valence-electron chi connectivity index (χ2n) is 5.95. The number of aliphatic hydroxyl groups is 1. The van der Waals surface area contributed by atoms with Gasteiger partial charge in [-0.2, -0.15) is 0 Å². The molecule has 2 aromatic rings. The van der Waals surface area contributed by atoms with Crippen LogP contribution in [0.15, 0.2) is 32.2 Å². The molecule has 0 radical (unpaired) electrons. The summed E-state index contributed by atoms with van der Waals surface area (Å²) in [5.41, 5.74) is 0.382. The molecule has 5 heteroatoms. The number of nitrogens with one attached hydrogen (secondary N) is 1. The van der Waals surface area contributed by atoms with Gasteiger partial charge in [0.15, 0.2) is 0 Å². The summed E-state index contributed by atoms with van der Waals surface area (Å²) in [4.78, 5) is 0. The Bertz CT molecular complexity index is 617. The lowest BCUT2D eigenvalue weighted by atomic mass is 10.0. The molecule has 3 heterocycles. The van der Waals surface area contributed by atoms with Crippen LogP contribution in [0.4, 0.5) is 0 Å². The van der Waals surface area contributed by atoms with Crippen molar-refractivity contribution in [2.45, 2.75) is 48.3 Å². The first-order valence-electron chi connectivity index (χ1n) is 7.22. The Kier molecular flexibility index (Phi) is 4.19. The number of fused-ring (bicyclic) bond motifs is 1. The molecule has 0 spiro atoms. The van der Waals surface area contributed by atoms with Gasteiger partial charge in [0, 0.05) is 17.8 Å². The van der Waals surface area contributed by atoms with Crippen molar-refractivity contribution in [1.82, 2.24) is 5.32 Å². The minimum Gasteiger partial charge on any atom is -0.463 e. The van der Waals surface area contributed by atoms with Gasteiger partial charge >= 0.3 is 0 Å². The summed E-state index contributed by atoms with van der Waals surface area (Å²) in [5.74, 6) is 1.45. The first-order chi connectivity index (χ1) is 9.95. The van der Waals surface area contributed by atoms with Gasteiger partial charge in [-0.3, -0.25) is 0 Å². The van der Waals surface area contributed by atoms with Crippen molar-refractivity contribution in [3.8, 4) is 0 Å². The highest BCUT2D eigenvalue weighted by atomic mass is 32.2. The van der Waals surface area contributed by atoms with Crippen LogP contribution < -0.4 is 5.32 Å². The van der Waals surface area contributed by atoms with E-state index in [1.807, 2.05) is 42.2 Å². The number of furan rings is 1. The molecule has 0 amide bonds. The highest BCUT2D eigenvalue weighted by Crippen LogP contribution is 2.43. The molecule has 0 saturated carbocycles. The second-order valence-corrected chi connectivity index (χ2v) is 8.57. The molecule has 21 heavy (non-hydrogen) atoms. The highest BCUT2D eigenvalue weighted by molar-refractivity contribution is 8.01. The van der Waals surface area contributed by atoms with E-state index >= 15 is 0 Å². The third-order valence-electron chi connectivity index (χ3n) is 3.87. The average molecular weight is 323 g/mol. The molecule has 0 aliphatic carbocycles. The van der Waals surface area contributed by atoms with E-state index in [4.69, 9.17) is 4.42 Å². The lowest BCUT2D eigenvalue weighted by Gasteiger charge is -2.30.